The molecule has 35 heavy (non-hydrogen) atoms. The molecule has 0 aliphatic carbocycles. The average Bonchev–Trinajstić information content (AvgIpc) is 3.27. The zero-order valence-electron chi connectivity index (χ0n) is 19.3. The number of benzene rings is 2. The van der Waals surface area contributed by atoms with Crippen LogP contribution in [0.15, 0.2) is 61.4 Å². The number of aryl methyl sites for hydroxylation is 1. The maximum absolute atomic E-state index is 13.2. The van der Waals surface area contributed by atoms with Crippen LogP contribution in [0, 0.1) is 12.7 Å². The first-order valence-electron chi connectivity index (χ1n) is 11.4. The molecule has 2 N–H and O–H groups in total. The van der Waals surface area contributed by atoms with Crippen LogP contribution in [-0.2, 0) is 4.79 Å². The summed E-state index contributed by atoms with van der Waals surface area (Å²) in [4.78, 5) is 22.7. The number of nitrogens with two attached hydrogens (primary N) is 1. The largest absolute Gasteiger partial charge is 0.457 e. The van der Waals surface area contributed by atoms with E-state index in [-0.39, 0.29) is 17.8 Å². The molecule has 0 bridgehead atoms. The standard InChI is InChI=1S/C26H25FN6O2/c1-3-22(34)32-12-4-5-19(14-32)33-26-23(25(28)29-15-30-26)24(31-33)17-6-11-21(16(2)13-17)35-20-9-7-18(27)8-10-20/h3,6-11,13,15,19H,1,4-5,12,14H2,2H3,(H2,28,29,30)/t19-/m0/s1. The van der Waals surface area contributed by atoms with E-state index in [1.165, 1.54) is 24.5 Å². The van der Waals surface area contributed by atoms with Gasteiger partial charge in [0.25, 0.3) is 0 Å². The van der Waals surface area contributed by atoms with Crippen molar-refractivity contribution < 1.29 is 13.9 Å². The van der Waals surface area contributed by atoms with E-state index >= 15 is 0 Å². The number of ether oxygens (including phenoxy) is 1. The Kier molecular flexibility index (Phi) is 5.90. The number of hydrogen-bond donors (Lipinski definition) is 1. The van der Waals surface area contributed by atoms with E-state index in [1.807, 2.05) is 29.8 Å². The number of carbonyl (C=O) groups excluding carboxylic acids is 1. The highest BCUT2D eigenvalue weighted by Crippen LogP contribution is 2.36. The Balaban J connectivity index is 1.52. The summed E-state index contributed by atoms with van der Waals surface area (Å²) in [5, 5.41) is 5.59. The molecule has 1 aliphatic rings. The van der Waals surface area contributed by atoms with Gasteiger partial charge in [-0.05, 0) is 73.9 Å². The summed E-state index contributed by atoms with van der Waals surface area (Å²) in [5.74, 6) is 1.13. The van der Waals surface area contributed by atoms with Crippen molar-refractivity contribution in [3.05, 3.63) is 72.8 Å². The quantitative estimate of drug-likeness (QED) is 0.424. The molecule has 3 heterocycles. The zero-order valence-corrected chi connectivity index (χ0v) is 19.3. The number of anilines is 1. The van der Waals surface area contributed by atoms with Gasteiger partial charge in [-0.25, -0.2) is 19.0 Å². The van der Waals surface area contributed by atoms with Crippen molar-refractivity contribution in [1.82, 2.24) is 24.6 Å². The highest BCUT2D eigenvalue weighted by Gasteiger charge is 2.28. The summed E-state index contributed by atoms with van der Waals surface area (Å²) in [6, 6.07) is 11.6. The fraction of sp³-hybridized carbons (Fsp3) is 0.231. The number of amides is 1. The van der Waals surface area contributed by atoms with Crippen molar-refractivity contribution in [3.8, 4) is 22.8 Å². The van der Waals surface area contributed by atoms with E-state index in [4.69, 9.17) is 15.6 Å². The summed E-state index contributed by atoms with van der Waals surface area (Å²) < 4.78 is 21.0. The fourth-order valence-electron chi connectivity index (χ4n) is 4.48. The van der Waals surface area contributed by atoms with Gasteiger partial charge in [0, 0.05) is 18.7 Å². The highest BCUT2D eigenvalue weighted by molar-refractivity contribution is 5.98. The van der Waals surface area contributed by atoms with E-state index < -0.39 is 0 Å². The second-order valence-corrected chi connectivity index (χ2v) is 8.57. The van der Waals surface area contributed by atoms with Crippen molar-refractivity contribution in [2.75, 3.05) is 18.8 Å². The first kappa shape index (κ1) is 22.5. The number of nitrogens with zero attached hydrogens (tertiary/aromatic N) is 5. The molecule has 5 rings (SSSR count). The maximum atomic E-state index is 13.2. The van der Waals surface area contributed by atoms with Gasteiger partial charge in [0.05, 0.1) is 11.4 Å². The fourth-order valence-corrected chi connectivity index (χ4v) is 4.48. The number of hydrogen-bond acceptors (Lipinski definition) is 6. The third-order valence-electron chi connectivity index (χ3n) is 6.24. The lowest BCUT2D eigenvalue weighted by Gasteiger charge is -2.32. The monoisotopic (exact) mass is 472 g/mol. The van der Waals surface area contributed by atoms with Crippen LogP contribution in [0.25, 0.3) is 22.3 Å². The minimum atomic E-state index is -0.318. The van der Waals surface area contributed by atoms with Crippen LogP contribution in [0.5, 0.6) is 11.5 Å². The van der Waals surface area contributed by atoms with Gasteiger partial charge in [0.15, 0.2) is 5.65 Å². The van der Waals surface area contributed by atoms with Gasteiger partial charge in [-0.3, -0.25) is 4.79 Å². The number of rotatable bonds is 5. The lowest BCUT2D eigenvalue weighted by molar-refractivity contribution is -0.127. The predicted molar refractivity (Wildman–Crippen MR) is 131 cm³/mol. The Morgan fingerprint density at radius 2 is 2.03 bits per heavy atom. The molecule has 1 saturated heterocycles. The van der Waals surface area contributed by atoms with Gasteiger partial charge in [-0.15, -0.1) is 0 Å². The van der Waals surface area contributed by atoms with Crippen LogP contribution in [0.1, 0.15) is 24.4 Å². The lowest BCUT2D eigenvalue weighted by Crippen LogP contribution is -2.40. The van der Waals surface area contributed by atoms with Crippen LogP contribution >= 0.6 is 0 Å². The predicted octanol–water partition coefficient (Wildman–Crippen LogP) is 4.66. The SMILES string of the molecule is C=CC(=O)N1CCC[C@H](n2nc(-c3ccc(Oc4ccc(F)cc4)c(C)c3)c3c(N)ncnc32)C1. The highest BCUT2D eigenvalue weighted by atomic mass is 19.1. The third kappa shape index (κ3) is 4.32. The number of likely N-dealkylation sites (tertiary alicyclic amines) is 1. The first-order chi connectivity index (χ1) is 16.9. The Labute approximate surface area is 201 Å². The second kappa shape index (κ2) is 9.17. The number of carbonyl (C=O) groups is 1. The molecular weight excluding hydrogens is 447 g/mol. The molecule has 2 aromatic carbocycles. The molecule has 4 aromatic rings. The Bertz CT molecular complexity index is 1420. The number of halogens is 1. The van der Waals surface area contributed by atoms with Crippen molar-refractivity contribution in [2.45, 2.75) is 25.8 Å². The normalized spacial score (nSPS) is 15.8. The lowest BCUT2D eigenvalue weighted by atomic mass is 10.1. The number of nitrogen functional groups attached to an aromatic ring is 1. The molecule has 0 spiro atoms. The molecular formula is C26H25FN6O2. The van der Waals surface area contributed by atoms with E-state index in [0.29, 0.717) is 47.1 Å². The van der Waals surface area contributed by atoms with Crippen molar-refractivity contribution >= 4 is 22.8 Å². The summed E-state index contributed by atoms with van der Waals surface area (Å²) in [6.07, 6.45) is 4.49. The molecule has 1 aliphatic heterocycles. The molecule has 2 aromatic heterocycles. The number of aromatic nitrogens is 4. The molecule has 178 valence electrons. The smallest absolute Gasteiger partial charge is 0.246 e. The molecule has 0 radical (unpaired) electrons. The average molecular weight is 473 g/mol. The van der Waals surface area contributed by atoms with Crippen LogP contribution in [0.2, 0.25) is 0 Å². The van der Waals surface area contributed by atoms with Gasteiger partial charge in [0.1, 0.15) is 35.2 Å². The van der Waals surface area contributed by atoms with Gasteiger partial charge >= 0.3 is 0 Å². The Hall–Kier alpha value is -4.27. The van der Waals surface area contributed by atoms with Crippen LogP contribution in [0.3, 0.4) is 0 Å². The molecule has 0 saturated carbocycles. The summed E-state index contributed by atoms with van der Waals surface area (Å²) in [6.45, 7) is 6.75. The molecule has 1 amide bonds. The van der Waals surface area contributed by atoms with E-state index in [1.54, 1.807) is 17.0 Å². The molecule has 1 atom stereocenters. The van der Waals surface area contributed by atoms with Gasteiger partial charge in [-0.1, -0.05) is 6.58 Å². The van der Waals surface area contributed by atoms with E-state index in [9.17, 15) is 9.18 Å². The first-order valence-corrected chi connectivity index (χ1v) is 11.4. The summed E-state index contributed by atoms with van der Waals surface area (Å²) in [7, 11) is 0. The van der Waals surface area contributed by atoms with Crippen LogP contribution in [-0.4, -0.2) is 43.6 Å². The molecule has 8 nitrogen and oxygen atoms in total. The van der Waals surface area contributed by atoms with Crippen LogP contribution in [0.4, 0.5) is 10.2 Å². The third-order valence-corrected chi connectivity index (χ3v) is 6.24. The molecule has 0 unspecified atom stereocenters. The van der Waals surface area contributed by atoms with E-state index in [0.717, 1.165) is 24.0 Å². The Morgan fingerprint density at radius 3 is 2.77 bits per heavy atom. The van der Waals surface area contributed by atoms with Crippen LogP contribution < -0.4 is 10.5 Å². The maximum Gasteiger partial charge on any atom is 0.246 e. The van der Waals surface area contributed by atoms with E-state index in [2.05, 4.69) is 16.5 Å². The topological polar surface area (TPSA) is 99.2 Å². The van der Waals surface area contributed by atoms with Crippen molar-refractivity contribution in [2.24, 2.45) is 0 Å². The number of piperidine rings is 1. The minimum absolute atomic E-state index is 0.0413. The van der Waals surface area contributed by atoms with Gasteiger partial charge < -0.3 is 15.4 Å². The van der Waals surface area contributed by atoms with Gasteiger partial charge in [0.2, 0.25) is 5.91 Å². The van der Waals surface area contributed by atoms with Crippen molar-refractivity contribution in [1.29, 1.82) is 0 Å². The number of fused-ring (bicyclic) bond motifs is 1. The van der Waals surface area contributed by atoms with Crippen molar-refractivity contribution in [3.63, 3.8) is 0 Å². The molecule has 9 heteroatoms. The minimum Gasteiger partial charge on any atom is -0.457 e. The Morgan fingerprint density at radius 1 is 1.23 bits per heavy atom. The summed E-state index contributed by atoms with van der Waals surface area (Å²) in [5.41, 5.74) is 9.30. The second-order valence-electron chi connectivity index (χ2n) is 8.57. The zero-order chi connectivity index (χ0) is 24.5. The summed E-state index contributed by atoms with van der Waals surface area (Å²) >= 11 is 0. The molecule has 1 fully saturated rings. The van der Waals surface area contributed by atoms with Gasteiger partial charge in [-0.2, -0.15) is 5.10 Å².